The number of carboxylic acids is 1. The zero-order chi connectivity index (χ0) is 15.6. The smallest absolute Gasteiger partial charge is 0.317 e. The lowest BCUT2D eigenvalue weighted by Gasteiger charge is -2.31. The van der Waals surface area contributed by atoms with Crippen LogP contribution in [0.5, 0.6) is 0 Å². The van der Waals surface area contributed by atoms with Gasteiger partial charge in [0.05, 0.1) is 11.3 Å². The van der Waals surface area contributed by atoms with Crippen LogP contribution in [0.15, 0.2) is 0 Å². The largest absolute Gasteiger partial charge is 0.481 e. The molecule has 118 valence electrons. The van der Waals surface area contributed by atoms with Crippen molar-refractivity contribution in [1.82, 2.24) is 10.2 Å². The molecule has 7 nitrogen and oxygen atoms in total. The zero-order valence-electron chi connectivity index (χ0n) is 12.3. The van der Waals surface area contributed by atoms with Gasteiger partial charge in [0.15, 0.2) is 0 Å². The number of nitrogens with two attached hydrogens (primary N) is 1. The van der Waals surface area contributed by atoms with E-state index in [9.17, 15) is 19.5 Å². The molecule has 4 N–H and O–H groups in total. The number of hydrogen-bond donors (Lipinski definition) is 3. The molecule has 1 saturated carbocycles. The van der Waals surface area contributed by atoms with Crippen LogP contribution in [0.1, 0.15) is 39.0 Å². The normalized spacial score (nSPS) is 32.7. The van der Waals surface area contributed by atoms with Crippen molar-refractivity contribution in [2.24, 2.45) is 17.1 Å². The molecule has 3 amide bonds. The Morgan fingerprint density at radius 3 is 2.52 bits per heavy atom. The Hall–Kier alpha value is -1.79. The first-order valence-corrected chi connectivity index (χ1v) is 7.42. The van der Waals surface area contributed by atoms with Gasteiger partial charge in [-0.1, -0.05) is 12.8 Å². The second-order valence-corrected chi connectivity index (χ2v) is 6.38. The maximum atomic E-state index is 12.3. The van der Waals surface area contributed by atoms with Crippen molar-refractivity contribution in [1.29, 1.82) is 0 Å². The Morgan fingerprint density at radius 1 is 1.29 bits per heavy atom. The van der Waals surface area contributed by atoms with Gasteiger partial charge in [-0.15, -0.1) is 0 Å². The van der Waals surface area contributed by atoms with Gasteiger partial charge in [-0.2, -0.15) is 0 Å². The second-order valence-electron chi connectivity index (χ2n) is 6.38. The number of urea groups is 1. The summed E-state index contributed by atoms with van der Waals surface area (Å²) in [4.78, 5) is 36.5. The van der Waals surface area contributed by atoms with E-state index in [2.05, 4.69) is 5.32 Å². The van der Waals surface area contributed by atoms with Gasteiger partial charge >= 0.3 is 12.0 Å². The minimum absolute atomic E-state index is 0.290. The summed E-state index contributed by atoms with van der Waals surface area (Å²) in [6.45, 7) is 2.51. The van der Waals surface area contributed by atoms with Crippen molar-refractivity contribution < 1.29 is 19.5 Å². The van der Waals surface area contributed by atoms with Gasteiger partial charge in [0, 0.05) is 19.1 Å². The summed E-state index contributed by atoms with van der Waals surface area (Å²) in [5.74, 6) is -1.78. The first-order valence-electron chi connectivity index (χ1n) is 7.42. The summed E-state index contributed by atoms with van der Waals surface area (Å²) in [6.07, 6.45) is 3.63. The zero-order valence-corrected chi connectivity index (χ0v) is 12.3. The number of rotatable bonds is 3. The molecule has 2 fully saturated rings. The summed E-state index contributed by atoms with van der Waals surface area (Å²) >= 11 is 0. The van der Waals surface area contributed by atoms with Crippen molar-refractivity contribution in [3.8, 4) is 0 Å². The first kappa shape index (κ1) is 15.6. The summed E-state index contributed by atoms with van der Waals surface area (Å²) < 4.78 is 0. The van der Waals surface area contributed by atoms with Crippen LogP contribution in [-0.2, 0) is 9.59 Å². The highest BCUT2D eigenvalue weighted by atomic mass is 16.4. The van der Waals surface area contributed by atoms with Gasteiger partial charge < -0.3 is 21.1 Å². The Bertz CT molecular complexity index is 454. The van der Waals surface area contributed by atoms with E-state index < -0.39 is 23.2 Å². The number of primary amides is 1. The number of carbonyl (C=O) groups excluding carboxylic acids is 2. The third kappa shape index (κ3) is 3.28. The fourth-order valence-electron chi connectivity index (χ4n) is 3.18. The van der Waals surface area contributed by atoms with E-state index in [1.54, 1.807) is 11.8 Å². The molecule has 0 aromatic heterocycles. The molecule has 21 heavy (non-hydrogen) atoms. The molecule has 2 rings (SSSR count). The Labute approximate surface area is 123 Å². The number of hydrogen-bond acceptors (Lipinski definition) is 3. The molecule has 1 heterocycles. The number of amides is 3. The average molecular weight is 297 g/mol. The second kappa shape index (κ2) is 5.91. The molecule has 0 bridgehead atoms. The van der Waals surface area contributed by atoms with Crippen molar-refractivity contribution in [3.05, 3.63) is 0 Å². The highest BCUT2D eigenvalue weighted by molar-refractivity contribution is 5.83. The molecule has 3 atom stereocenters. The van der Waals surface area contributed by atoms with E-state index in [1.165, 1.54) is 0 Å². The van der Waals surface area contributed by atoms with Crippen molar-refractivity contribution in [3.63, 3.8) is 0 Å². The van der Waals surface area contributed by atoms with Crippen LogP contribution in [-0.4, -0.2) is 47.0 Å². The van der Waals surface area contributed by atoms with E-state index in [0.717, 1.165) is 12.8 Å². The van der Waals surface area contributed by atoms with Crippen molar-refractivity contribution >= 4 is 17.9 Å². The Kier molecular flexibility index (Phi) is 4.39. The van der Waals surface area contributed by atoms with Gasteiger partial charge in [-0.25, -0.2) is 4.79 Å². The van der Waals surface area contributed by atoms with Crippen LogP contribution in [0, 0.1) is 11.3 Å². The molecule has 0 radical (unpaired) electrons. The molecule has 7 heteroatoms. The topological polar surface area (TPSA) is 113 Å². The van der Waals surface area contributed by atoms with Crippen LogP contribution in [0.3, 0.4) is 0 Å². The number of likely N-dealkylation sites (tertiary alicyclic amines) is 1. The molecule has 1 saturated heterocycles. The molecule has 3 unspecified atom stereocenters. The van der Waals surface area contributed by atoms with Crippen LogP contribution in [0.4, 0.5) is 4.79 Å². The standard InChI is InChI=1S/C14H23N3O4/c1-14(12(15)20)6-7-17(8-14)13(21)16-10-5-3-2-4-9(10)11(18)19/h9-10H,2-8H2,1H3,(H2,15,20)(H,16,21)(H,18,19). The summed E-state index contributed by atoms with van der Waals surface area (Å²) in [6, 6.07) is -0.623. The van der Waals surface area contributed by atoms with Crippen LogP contribution in [0.25, 0.3) is 0 Å². The fraction of sp³-hybridized carbons (Fsp3) is 0.786. The summed E-state index contributed by atoms with van der Waals surface area (Å²) in [7, 11) is 0. The third-order valence-corrected chi connectivity index (χ3v) is 4.75. The van der Waals surface area contributed by atoms with E-state index >= 15 is 0 Å². The number of nitrogens with zero attached hydrogens (tertiary/aromatic N) is 1. The molecule has 2 aliphatic rings. The monoisotopic (exact) mass is 297 g/mol. The maximum Gasteiger partial charge on any atom is 0.317 e. The quantitative estimate of drug-likeness (QED) is 0.705. The minimum Gasteiger partial charge on any atom is -0.481 e. The van der Waals surface area contributed by atoms with Gasteiger partial charge in [0.25, 0.3) is 0 Å². The average Bonchev–Trinajstić information content (AvgIpc) is 2.83. The molecule has 1 aliphatic heterocycles. The number of aliphatic carboxylic acids is 1. The Morgan fingerprint density at radius 2 is 1.95 bits per heavy atom. The van der Waals surface area contributed by atoms with Crippen LogP contribution < -0.4 is 11.1 Å². The molecular formula is C14H23N3O4. The minimum atomic E-state index is -0.858. The Balaban J connectivity index is 1.95. The van der Waals surface area contributed by atoms with Gasteiger partial charge in [-0.3, -0.25) is 9.59 Å². The van der Waals surface area contributed by atoms with Crippen molar-refractivity contribution in [2.75, 3.05) is 13.1 Å². The number of carbonyl (C=O) groups is 3. The van der Waals surface area contributed by atoms with E-state index in [4.69, 9.17) is 5.73 Å². The van der Waals surface area contributed by atoms with E-state index in [-0.39, 0.29) is 12.1 Å². The molecule has 1 aliphatic carbocycles. The number of nitrogens with one attached hydrogen (secondary N) is 1. The molecular weight excluding hydrogens is 274 g/mol. The fourth-order valence-corrected chi connectivity index (χ4v) is 3.18. The van der Waals surface area contributed by atoms with Gasteiger partial charge in [0.2, 0.25) is 5.91 Å². The lowest BCUT2D eigenvalue weighted by Crippen LogP contribution is -2.50. The maximum absolute atomic E-state index is 12.3. The van der Waals surface area contributed by atoms with Crippen LogP contribution in [0.2, 0.25) is 0 Å². The lowest BCUT2D eigenvalue weighted by atomic mass is 9.84. The third-order valence-electron chi connectivity index (χ3n) is 4.75. The predicted molar refractivity (Wildman–Crippen MR) is 75.4 cm³/mol. The highest BCUT2D eigenvalue weighted by Gasteiger charge is 2.41. The van der Waals surface area contributed by atoms with Gasteiger partial charge in [-0.05, 0) is 26.2 Å². The molecule has 0 spiro atoms. The van der Waals surface area contributed by atoms with E-state index in [1.807, 2.05) is 0 Å². The highest BCUT2D eigenvalue weighted by Crippen LogP contribution is 2.30. The van der Waals surface area contributed by atoms with Crippen molar-refractivity contribution in [2.45, 2.75) is 45.1 Å². The summed E-state index contributed by atoms with van der Waals surface area (Å²) in [5.41, 5.74) is 4.68. The lowest BCUT2D eigenvalue weighted by molar-refractivity contribution is -0.143. The first-order chi connectivity index (χ1) is 9.83. The van der Waals surface area contributed by atoms with E-state index in [0.29, 0.717) is 32.4 Å². The predicted octanol–water partition coefficient (Wildman–Crippen LogP) is 0.537. The molecule has 0 aromatic rings. The molecule has 0 aromatic carbocycles. The number of carboxylic acid groups (broad SMARTS) is 1. The SMILES string of the molecule is CC1(C(N)=O)CCN(C(=O)NC2CCCCC2C(=O)O)C1. The van der Waals surface area contributed by atoms with Crippen LogP contribution >= 0.6 is 0 Å². The summed E-state index contributed by atoms with van der Waals surface area (Å²) in [5, 5.41) is 12.0. The van der Waals surface area contributed by atoms with Gasteiger partial charge in [0.1, 0.15) is 0 Å².